The van der Waals surface area contributed by atoms with E-state index in [-0.39, 0.29) is 31.1 Å². The van der Waals surface area contributed by atoms with Crippen molar-refractivity contribution in [3.05, 3.63) is 65.8 Å². The first kappa shape index (κ1) is 23.9. The van der Waals surface area contributed by atoms with E-state index < -0.39 is 11.9 Å². The van der Waals surface area contributed by atoms with Crippen LogP contribution in [-0.4, -0.2) is 42.3 Å². The maximum Gasteiger partial charge on any atom is 0.310 e. The van der Waals surface area contributed by atoms with Crippen LogP contribution < -0.4 is 10.1 Å². The van der Waals surface area contributed by atoms with Gasteiger partial charge in [-0.15, -0.1) is 0 Å². The van der Waals surface area contributed by atoms with Gasteiger partial charge in [0.1, 0.15) is 11.6 Å². The van der Waals surface area contributed by atoms with E-state index in [2.05, 4.69) is 15.5 Å². The second-order valence-corrected chi connectivity index (χ2v) is 7.32. The molecular formula is C24H26FN3O5. The Kier molecular flexibility index (Phi) is 8.51. The Labute approximate surface area is 191 Å². The molecule has 0 aliphatic carbocycles. The van der Waals surface area contributed by atoms with Crippen molar-refractivity contribution in [2.45, 2.75) is 26.2 Å². The van der Waals surface area contributed by atoms with Crippen molar-refractivity contribution in [3.8, 4) is 17.1 Å². The van der Waals surface area contributed by atoms with E-state index in [1.54, 1.807) is 12.1 Å². The Morgan fingerprint density at radius 3 is 2.52 bits per heavy atom. The van der Waals surface area contributed by atoms with Gasteiger partial charge in [0.05, 0.1) is 19.6 Å². The molecule has 3 rings (SSSR count). The second kappa shape index (κ2) is 11.8. The number of rotatable bonds is 11. The lowest BCUT2D eigenvalue weighted by molar-refractivity contribution is -0.145. The van der Waals surface area contributed by atoms with E-state index in [1.807, 2.05) is 31.2 Å². The number of carbonyl (C=O) groups is 2. The third-order valence-corrected chi connectivity index (χ3v) is 4.93. The molecule has 0 aliphatic rings. The zero-order valence-corrected chi connectivity index (χ0v) is 18.5. The Morgan fingerprint density at radius 2 is 1.85 bits per heavy atom. The lowest BCUT2D eigenvalue weighted by Crippen LogP contribution is -2.34. The van der Waals surface area contributed by atoms with Crippen molar-refractivity contribution in [2.75, 3.05) is 20.3 Å². The number of hydrogen-bond acceptors (Lipinski definition) is 7. The van der Waals surface area contributed by atoms with Gasteiger partial charge in [0.15, 0.2) is 0 Å². The summed E-state index contributed by atoms with van der Waals surface area (Å²) in [4.78, 5) is 28.7. The summed E-state index contributed by atoms with van der Waals surface area (Å²) < 4.78 is 28.5. The molecule has 1 aromatic heterocycles. The molecule has 0 saturated heterocycles. The lowest BCUT2D eigenvalue weighted by Gasteiger charge is -2.16. The molecule has 0 aliphatic heterocycles. The average molecular weight is 455 g/mol. The predicted octanol–water partition coefficient (Wildman–Crippen LogP) is 3.36. The number of amides is 1. The highest BCUT2D eigenvalue weighted by Crippen LogP contribution is 2.17. The number of nitrogens with zero attached hydrogens (tertiary/aromatic N) is 2. The van der Waals surface area contributed by atoms with E-state index in [0.717, 1.165) is 11.3 Å². The maximum absolute atomic E-state index is 13.0. The molecule has 2 aromatic carbocycles. The highest BCUT2D eigenvalue weighted by molar-refractivity contribution is 5.78. The van der Waals surface area contributed by atoms with Crippen molar-refractivity contribution in [3.63, 3.8) is 0 Å². The summed E-state index contributed by atoms with van der Waals surface area (Å²) in [5.41, 5.74) is 1.55. The topological polar surface area (TPSA) is 104 Å². The molecule has 33 heavy (non-hydrogen) atoms. The summed E-state index contributed by atoms with van der Waals surface area (Å²) in [6, 6.07) is 13.2. The summed E-state index contributed by atoms with van der Waals surface area (Å²) in [6.07, 6.45) is 0.772. The molecule has 0 radical (unpaired) electrons. The van der Waals surface area contributed by atoms with Gasteiger partial charge in [0, 0.05) is 24.9 Å². The van der Waals surface area contributed by atoms with Crippen LogP contribution in [0.2, 0.25) is 0 Å². The zero-order chi connectivity index (χ0) is 23.6. The van der Waals surface area contributed by atoms with Crippen LogP contribution in [0.25, 0.3) is 11.4 Å². The molecule has 1 N–H and O–H groups in total. The molecule has 174 valence electrons. The molecule has 0 saturated carbocycles. The molecule has 1 heterocycles. The highest BCUT2D eigenvalue weighted by atomic mass is 19.1. The van der Waals surface area contributed by atoms with Gasteiger partial charge in [-0.1, -0.05) is 17.3 Å². The summed E-state index contributed by atoms with van der Waals surface area (Å²) in [5.74, 6) is -0.151. The highest BCUT2D eigenvalue weighted by Gasteiger charge is 2.21. The van der Waals surface area contributed by atoms with Gasteiger partial charge >= 0.3 is 5.97 Å². The molecule has 1 atom stereocenters. The fourth-order valence-corrected chi connectivity index (χ4v) is 3.20. The number of aromatic nitrogens is 2. The molecular weight excluding hydrogens is 429 g/mol. The summed E-state index contributed by atoms with van der Waals surface area (Å²) in [7, 11) is 1.32. The molecule has 9 heteroatoms. The standard InChI is InChI=1S/C24H26FN3O5/c1-3-32-20-10-4-16(5-11-20)14-18(24(30)31-2)15-26-21(29)12-13-22-27-23(28-33-22)17-6-8-19(25)9-7-17/h4-11,18H,3,12-15H2,1-2H3,(H,26,29). The first-order chi connectivity index (χ1) is 16.0. The molecule has 1 amide bonds. The van der Waals surface area contributed by atoms with E-state index in [9.17, 15) is 14.0 Å². The molecule has 0 spiro atoms. The molecule has 8 nitrogen and oxygen atoms in total. The maximum atomic E-state index is 13.0. The Morgan fingerprint density at radius 1 is 1.12 bits per heavy atom. The van der Waals surface area contributed by atoms with Gasteiger partial charge in [0.25, 0.3) is 0 Å². The van der Waals surface area contributed by atoms with Crippen LogP contribution in [0.4, 0.5) is 4.39 Å². The molecule has 3 aromatic rings. The van der Waals surface area contributed by atoms with E-state index in [0.29, 0.717) is 30.3 Å². The van der Waals surface area contributed by atoms with Crippen LogP contribution in [0.15, 0.2) is 53.1 Å². The minimum Gasteiger partial charge on any atom is -0.494 e. The second-order valence-electron chi connectivity index (χ2n) is 7.32. The predicted molar refractivity (Wildman–Crippen MR) is 118 cm³/mol. The van der Waals surface area contributed by atoms with Crippen LogP contribution in [-0.2, 0) is 27.2 Å². The Hall–Kier alpha value is -3.75. The first-order valence-corrected chi connectivity index (χ1v) is 10.6. The SMILES string of the molecule is CCOc1ccc(CC(CNC(=O)CCc2nc(-c3ccc(F)cc3)no2)C(=O)OC)cc1. The van der Waals surface area contributed by atoms with Crippen LogP contribution >= 0.6 is 0 Å². The fraction of sp³-hybridized carbons (Fsp3) is 0.333. The minimum absolute atomic E-state index is 0.113. The quantitative estimate of drug-likeness (QED) is 0.442. The molecule has 1 unspecified atom stereocenters. The first-order valence-electron chi connectivity index (χ1n) is 10.6. The van der Waals surface area contributed by atoms with E-state index in [1.165, 1.54) is 19.2 Å². The molecule has 0 bridgehead atoms. The third kappa shape index (κ3) is 7.13. The fourth-order valence-electron chi connectivity index (χ4n) is 3.20. The van der Waals surface area contributed by atoms with Crippen LogP contribution in [0, 0.1) is 11.7 Å². The number of carbonyl (C=O) groups excluding carboxylic acids is 2. The lowest BCUT2D eigenvalue weighted by atomic mass is 9.99. The van der Waals surface area contributed by atoms with Crippen LogP contribution in [0.5, 0.6) is 5.75 Å². The monoisotopic (exact) mass is 455 g/mol. The van der Waals surface area contributed by atoms with Crippen molar-refractivity contribution in [1.29, 1.82) is 0 Å². The number of esters is 1. The van der Waals surface area contributed by atoms with E-state index >= 15 is 0 Å². The van der Waals surface area contributed by atoms with Gasteiger partial charge in [-0.05, 0) is 55.3 Å². The van der Waals surface area contributed by atoms with Gasteiger partial charge in [-0.25, -0.2) is 4.39 Å². The van der Waals surface area contributed by atoms with Crippen molar-refractivity contribution < 1.29 is 28.0 Å². The van der Waals surface area contributed by atoms with Crippen LogP contribution in [0.1, 0.15) is 24.8 Å². The number of nitrogens with one attached hydrogen (secondary N) is 1. The van der Waals surface area contributed by atoms with Crippen molar-refractivity contribution in [2.24, 2.45) is 5.92 Å². The van der Waals surface area contributed by atoms with E-state index in [4.69, 9.17) is 14.0 Å². The van der Waals surface area contributed by atoms with Gasteiger partial charge in [-0.2, -0.15) is 4.98 Å². The smallest absolute Gasteiger partial charge is 0.310 e. The van der Waals surface area contributed by atoms with Gasteiger partial charge in [0.2, 0.25) is 17.6 Å². The van der Waals surface area contributed by atoms with Crippen molar-refractivity contribution in [1.82, 2.24) is 15.5 Å². The Balaban J connectivity index is 1.50. The number of halogens is 1. The summed E-state index contributed by atoms with van der Waals surface area (Å²) in [6.45, 7) is 2.63. The largest absolute Gasteiger partial charge is 0.494 e. The average Bonchev–Trinajstić information content (AvgIpc) is 3.30. The van der Waals surface area contributed by atoms with Crippen LogP contribution in [0.3, 0.4) is 0 Å². The summed E-state index contributed by atoms with van der Waals surface area (Å²) >= 11 is 0. The number of methoxy groups -OCH3 is 1. The number of ether oxygens (including phenoxy) is 2. The summed E-state index contributed by atoms with van der Waals surface area (Å²) in [5, 5.41) is 6.63. The zero-order valence-electron chi connectivity index (χ0n) is 18.5. The Bertz CT molecular complexity index is 1050. The van der Waals surface area contributed by atoms with Gasteiger partial charge < -0.3 is 19.3 Å². The third-order valence-electron chi connectivity index (χ3n) is 4.93. The number of hydrogen-bond donors (Lipinski definition) is 1. The molecule has 0 fully saturated rings. The van der Waals surface area contributed by atoms with Crippen molar-refractivity contribution >= 4 is 11.9 Å². The van der Waals surface area contributed by atoms with Gasteiger partial charge in [-0.3, -0.25) is 9.59 Å². The number of aryl methyl sites for hydroxylation is 1. The minimum atomic E-state index is -0.523. The number of benzene rings is 2. The normalized spacial score (nSPS) is 11.6.